The molecule has 1 rings (SSSR count). The normalized spacial score (nSPS) is 10.5. The van der Waals surface area contributed by atoms with Gasteiger partial charge in [-0.25, -0.2) is 0 Å². The predicted octanol–water partition coefficient (Wildman–Crippen LogP) is 2.24. The molecule has 0 fully saturated rings. The molecule has 1 aromatic rings. The van der Waals surface area contributed by atoms with E-state index in [0.29, 0.717) is 17.0 Å². The first-order valence-electron chi connectivity index (χ1n) is 3.98. The maximum absolute atomic E-state index is 11.3. The Bertz CT molecular complexity index is 432. The molecule has 0 heterocycles. The van der Waals surface area contributed by atoms with Gasteiger partial charge in [-0.3, -0.25) is 4.79 Å². The van der Waals surface area contributed by atoms with Crippen molar-refractivity contribution in [2.24, 2.45) is 0 Å². The Hall–Kier alpha value is -1.99. The Kier molecular flexibility index (Phi) is 3.72. The third-order valence-corrected chi connectivity index (χ3v) is 1.85. The molecular formula is C10H7ClN2O2. The molecule has 2 N–H and O–H groups in total. The molecule has 15 heavy (non-hydrogen) atoms. The molecule has 0 saturated heterocycles. The summed E-state index contributed by atoms with van der Waals surface area (Å²) in [5.74, 6) is -0.665. The van der Waals surface area contributed by atoms with Crippen molar-refractivity contribution in [3.63, 3.8) is 0 Å². The van der Waals surface area contributed by atoms with Gasteiger partial charge in [-0.05, 0) is 24.3 Å². The van der Waals surface area contributed by atoms with E-state index in [9.17, 15) is 4.79 Å². The molecule has 4 nitrogen and oxygen atoms in total. The molecule has 0 bridgehead atoms. The summed E-state index contributed by atoms with van der Waals surface area (Å²) < 4.78 is 0. The monoisotopic (exact) mass is 222 g/mol. The third kappa shape index (κ3) is 3.01. The van der Waals surface area contributed by atoms with Crippen molar-refractivity contribution >= 4 is 23.2 Å². The van der Waals surface area contributed by atoms with E-state index in [4.69, 9.17) is 22.0 Å². The van der Waals surface area contributed by atoms with Crippen LogP contribution in [0.1, 0.15) is 0 Å². The van der Waals surface area contributed by atoms with Crippen molar-refractivity contribution in [2.75, 3.05) is 5.32 Å². The van der Waals surface area contributed by atoms with Crippen LogP contribution < -0.4 is 5.32 Å². The fraction of sp³-hybridized carbons (Fsp3) is 0. The lowest BCUT2D eigenvalue weighted by Crippen LogP contribution is -2.13. The van der Waals surface area contributed by atoms with Crippen molar-refractivity contribution in [3.8, 4) is 6.07 Å². The minimum absolute atomic E-state index is 0.357. The first kappa shape index (κ1) is 11.1. The van der Waals surface area contributed by atoms with Crippen LogP contribution in [0.2, 0.25) is 5.02 Å². The quantitative estimate of drug-likeness (QED) is 0.458. The zero-order valence-corrected chi connectivity index (χ0v) is 8.32. The zero-order chi connectivity index (χ0) is 11.3. The minimum atomic E-state index is -0.665. The highest BCUT2D eigenvalue weighted by atomic mass is 35.5. The topological polar surface area (TPSA) is 73.1 Å². The van der Waals surface area contributed by atoms with Gasteiger partial charge in [0, 0.05) is 10.7 Å². The van der Waals surface area contributed by atoms with Gasteiger partial charge in [0.2, 0.25) is 0 Å². The number of aliphatic hydroxyl groups excluding tert-OH is 1. The van der Waals surface area contributed by atoms with Gasteiger partial charge in [-0.1, -0.05) is 11.6 Å². The number of amides is 1. The molecular weight excluding hydrogens is 216 g/mol. The summed E-state index contributed by atoms with van der Waals surface area (Å²) in [4.78, 5) is 11.3. The minimum Gasteiger partial charge on any atom is -0.514 e. The van der Waals surface area contributed by atoms with Crippen LogP contribution in [0.15, 0.2) is 36.1 Å². The molecule has 0 radical (unpaired) electrons. The molecule has 1 aromatic carbocycles. The van der Waals surface area contributed by atoms with Crippen molar-refractivity contribution in [1.29, 1.82) is 5.26 Å². The van der Waals surface area contributed by atoms with Gasteiger partial charge >= 0.3 is 0 Å². The summed E-state index contributed by atoms with van der Waals surface area (Å²) >= 11 is 5.65. The first-order chi connectivity index (χ1) is 7.17. The van der Waals surface area contributed by atoms with Crippen LogP contribution in [0.3, 0.4) is 0 Å². The summed E-state index contributed by atoms with van der Waals surface area (Å²) in [5.41, 5.74) is 0.143. The van der Waals surface area contributed by atoms with Gasteiger partial charge in [0.1, 0.15) is 12.3 Å². The van der Waals surface area contributed by atoms with Gasteiger partial charge in [0.15, 0.2) is 5.57 Å². The predicted molar refractivity (Wildman–Crippen MR) is 56.4 cm³/mol. The number of benzene rings is 1. The number of rotatable bonds is 2. The highest BCUT2D eigenvalue weighted by Crippen LogP contribution is 2.13. The molecule has 0 saturated carbocycles. The standard InChI is InChI=1S/C10H7ClN2O2/c11-8-1-3-9(4-2-8)13-10(15)7(5-12)6-14/h1-4,6,14H,(H,13,15)/b7-6-. The molecule has 0 aliphatic carbocycles. The lowest BCUT2D eigenvalue weighted by molar-refractivity contribution is -0.112. The maximum atomic E-state index is 11.3. The number of anilines is 1. The SMILES string of the molecule is N#C/C(=C/O)C(=O)Nc1ccc(Cl)cc1. The van der Waals surface area contributed by atoms with Crippen LogP contribution in [0.4, 0.5) is 5.69 Å². The second-order valence-electron chi connectivity index (χ2n) is 2.62. The van der Waals surface area contributed by atoms with Gasteiger partial charge in [0.25, 0.3) is 5.91 Å². The summed E-state index contributed by atoms with van der Waals surface area (Å²) in [7, 11) is 0. The molecule has 0 aliphatic heterocycles. The van der Waals surface area contributed by atoms with Crippen molar-refractivity contribution < 1.29 is 9.90 Å². The summed E-state index contributed by atoms with van der Waals surface area (Å²) in [6.45, 7) is 0. The molecule has 5 heteroatoms. The number of hydrogen-bond acceptors (Lipinski definition) is 3. The van der Waals surface area contributed by atoms with Crippen LogP contribution >= 0.6 is 11.6 Å². The second-order valence-corrected chi connectivity index (χ2v) is 3.05. The summed E-state index contributed by atoms with van der Waals surface area (Å²) in [6.07, 6.45) is 0.464. The van der Waals surface area contributed by atoms with E-state index in [0.717, 1.165) is 0 Å². The zero-order valence-electron chi connectivity index (χ0n) is 7.57. The first-order valence-corrected chi connectivity index (χ1v) is 4.36. The summed E-state index contributed by atoms with van der Waals surface area (Å²) in [5, 5.41) is 20.0. The van der Waals surface area contributed by atoms with E-state index in [1.807, 2.05) is 0 Å². The number of aliphatic hydroxyl groups is 1. The van der Waals surface area contributed by atoms with Crippen LogP contribution in [-0.2, 0) is 4.79 Å². The van der Waals surface area contributed by atoms with E-state index in [2.05, 4.69) is 5.32 Å². The van der Waals surface area contributed by atoms with E-state index >= 15 is 0 Å². The average Bonchev–Trinajstić information content (AvgIpc) is 2.23. The fourth-order valence-electron chi connectivity index (χ4n) is 0.870. The highest BCUT2D eigenvalue weighted by molar-refractivity contribution is 6.30. The Morgan fingerprint density at radius 2 is 2.07 bits per heavy atom. The van der Waals surface area contributed by atoms with E-state index in [-0.39, 0.29) is 5.57 Å². The number of carbonyl (C=O) groups is 1. The third-order valence-electron chi connectivity index (χ3n) is 1.60. The average molecular weight is 223 g/mol. The molecule has 0 atom stereocenters. The van der Waals surface area contributed by atoms with Crippen LogP contribution in [0.5, 0.6) is 0 Å². The number of carbonyl (C=O) groups excluding carboxylic acids is 1. The number of halogens is 1. The second kappa shape index (κ2) is 5.03. The van der Waals surface area contributed by atoms with Gasteiger partial charge in [-0.15, -0.1) is 0 Å². The van der Waals surface area contributed by atoms with Crippen LogP contribution in [0.25, 0.3) is 0 Å². The number of nitriles is 1. The molecule has 0 unspecified atom stereocenters. The summed E-state index contributed by atoms with van der Waals surface area (Å²) in [6, 6.07) is 7.94. The van der Waals surface area contributed by atoms with Crippen molar-refractivity contribution in [3.05, 3.63) is 41.1 Å². The van der Waals surface area contributed by atoms with Gasteiger partial charge in [0.05, 0.1) is 0 Å². The molecule has 0 spiro atoms. The largest absolute Gasteiger partial charge is 0.514 e. The molecule has 76 valence electrons. The molecule has 0 aromatic heterocycles. The van der Waals surface area contributed by atoms with Crippen LogP contribution in [-0.4, -0.2) is 11.0 Å². The highest BCUT2D eigenvalue weighted by Gasteiger charge is 2.08. The van der Waals surface area contributed by atoms with Crippen LogP contribution in [0, 0.1) is 11.3 Å². The Morgan fingerprint density at radius 1 is 1.47 bits per heavy atom. The van der Waals surface area contributed by atoms with E-state index in [1.165, 1.54) is 0 Å². The Balaban J connectivity index is 2.76. The van der Waals surface area contributed by atoms with Crippen molar-refractivity contribution in [1.82, 2.24) is 0 Å². The Morgan fingerprint density at radius 3 is 2.53 bits per heavy atom. The number of hydrogen-bond donors (Lipinski definition) is 2. The van der Waals surface area contributed by atoms with Crippen molar-refractivity contribution in [2.45, 2.75) is 0 Å². The van der Waals surface area contributed by atoms with Gasteiger partial charge < -0.3 is 10.4 Å². The van der Waals surface area contributed by atoms with E-state index in [1.54, 1.807) is 30.3 Å². The molecule has 1 amide bonds. The Labute approximate surface area is 91.4 Å². The maximum Gasteiger partial charge on any atom is 0.269 e. The lowest BCUT2D eigenvalue weighted by atomic mass is 10.2. The number of nitrogens with one attached hydrogen (secondary N) is 1. The fourth-order valence-corrected chi connectivity index (χ4v) is 0.996. The smallest absolute Gasteiger partial charge is 0.269 e. The van der Waals surface area contributed by atoms with E-state index < -0.39 is 5.91 Å². The van der Waals surface area contributed by atoms with Gasteiger partial charge in [-0.2, -0.15) is 5.26 Å². The number of nitrogens with zero attached hydrogens (tertiary/aromatic N) is 1. The molecule has 0 aliphatic rings. The lowest BCUT2D eigenvalue weighted by Gasteiger charge is -2.02.